The van der Waals surface area contributed by atoms with Crippen LogP contribution in [0.4, 0.5) is 0 Å². The van der Waals surface area contributed by atoms with Gasteiger partial charge < -0.3 is 19.4 Å². The second kappa shape index (κ2) is 6.67. The Morgan fingerprint density at radius 3 is 2.72 bits per heavy atom. The molecule has 1 atom stereocenters. The van der Waals surface area contributed by atoms with Gasteiger partial charge in [-0.25, -0.2) is 4.98 Å². The van der Waals surface area contributed by atoms with Crippen LogP contribution in [-0.4, -0.2) is 56.9 Å². The van der Waals surface area contributed by atoms with E-state index in [4.69, 9.17) is 0 Å². The molecule has 6 nitrogen and oxygen atoms in total. The van der Waals surface area contributed by atoms with Crippen LogP contribution in [0.1, 0.15) is 59.6 Å². The van der Waals surface area contributed by atoms with Crippen molar-refractivity contribution in [3.8, 4) is 0 Å². The Balaban J connectivity index is 1.50. The van der Waals surface area contributed by atoms with Gasteiger partial charge in [0.15, 0.2) is 0 Å². The predicted molar refractivity (Wildman–Crippen MR) is 96.5 cm³/mol. The fourth-order valence-electron chi connectivity index (χ4n) is 4.23. The van der Waals surface area contributed by atoms with E-state index in [9.17, 15) is 4.79 Å². The van der Waals surface area contributed by atoms with Gasteiger partial charge in [0.2, 0.25) is 0 Å². The number of hydrogen-bond donors (Lipinski definition) is 1. The third kappa shape index (κ3) is 3.11. The molecule has 0 spiro atoms. The summed E-state index contributed by atoms with van der Waals surface area (Å²) in [6.45, 7) is 3.00. The molecule has 6 heteroatoms. The van der Waals surface area contributed by atoms with Crippen LogP contribution in [0.15, 0.2) is 24.5 Å². The molecule has 134 valence electrons. The molecule has 2 saturated heterocycles. The fourth-order valence-corrected chi connectivity index (χ4v) is 4.23. The van der Waals surface area contributed by atoms with E-state index in [1.165, 1.54) is 5.69 Å². The topological polar surface area (TPSA) is 57.2 Å². The summed E-state index contributed by atoms with van der Waals surface area (Å²) in [6.07, 6.45) is 8.07. The van der Waals surface area contributed by atoms with Gasteiger partial charge in [0.05, 0.1) is 12.2 Å². The van der Waals surface area contributed by atoms with E-state index in [1.54, 1.807) is 6.20 Å². The molecular weight excluding hydrogens is 314 g/mol. The van der Waals surface area contributed by atoms with Crippen molar-refractivity contribution in [1.82, 2.24) is 24.3 Å². The normalized spacial score (nSPS) is 22.6. The first-order valence-corrected chi connectivity index (χ1v) is 9.29. The number of piperidine rings is 1. The van der Waals surface area contributed by atoms with E-state index in [0.29, 0.717) is 11.6 Å². The molecule has 0 bridgehead atoms. The summed E-state index contributed by atoms with van der Waals surface area (Å²) in [5.41, 5.74) is 1.84. The molecule has 4 rings (SSSR count). The van der Waals surface area contributed by atoms with Crippen molar-refractivity contribution in [3.05, 3.63) is 41.7 Å². The lowest BCUT2D eigenvalue weighted by molar-refractivity contribution is 0.0725. The number of rotatable bonds is 3. The van der Waals surface area contributed by atoms with Gasteiger partial charge in [-0.1, -0.05) is 0 Å². The van der Waals surface area contributed by atoms with Crippen LogP contribution in [0, 0.1) is 0 Å². The maximum atomic E-state index is 13.0. The zero-order valence-electron chi connectivity index (χ0n) is 15.1. The fraction of sp³-hybridized carbons (Fsp3) is 0.579. The van der Waals surface area contributed by atoms with Crippen LogP contribution in [0.2, 0.25) is 0 Å². The van der Waals surface area contributed by atoms with Gasteiger partial charge in [-0.3, -0.25) is 4.79 Å². The predicted octanol–water partition coefficient (Wildman–Crippen LogP) is 2.53. The van der Waals surface area contributed by atoms with Crippen LogP contribution in [-0.2, 0) is 7.05 Å². The maximum Gasteiger partial charge on any atom is 0.272 e. The van der Waals surface area contributed by atoms with Gasteiger partial charge in [-0.05, 0) is 58.0 Å². The van der Waals surface area contributed by atoms with Crippen molar-refractivity contribution in [3.63, 3.8) is 0 Å². The summed E-state index contributed by atoms with van der Waals surface area (Å²) < 4.78 is 2.12. The molecule has 1 N–H and O–H groups in total. The van der Waals surface area contributed by atoms with E-state index < -0.39 is 0 Å². The molecule has 0 aromatic carbocycles. The molecule has 2 aromatic rings. The van der Waals surface area contributed by atoms with Gasteiger partial charge in [-0.15, -0.1) is 0 Å². The molecule has 2 fully saturated rings. The number of carbonyl (C=O) groups excluding carboxylic acids is 1. The van der Waals surface area contributed by atoms with Crippen molar-refractivity contribution >= 4 is 5.91 Å². The van der Waals surface area contributed by atoms with Crippen molar-refractivity contribution in [1.29, 1.82) is 0 Å². The molecule has 2 aliphatic heterocycles. The number of nitrogens with zero attached hydrogens (tertiary/aromatic N) is 4. The summed E-state index contributed by atoms with van der Waals surface area (Å²) in [5, 5.41) is 0. The average Bonchev–Trinajstić information content (AvgIpc) is 3.35. The average molecular weight is 341 g/mol. The molecule has 0 aliphatic carbocycles. The van der Waals surface area contributed by atoms with Crippen molar-refractivity contribution < 1.29 is 4.79 Å². The number of likely N-dealkylation sites (tertiary alicyclic amines) is 2. The van der Waals surface area contributed by atoms with Crippen LogP contribution in [0.3, 0.4) is 0 Å². The third-order valence-electron chi connectivity index (χ3n) is 5.77. The third-order valence-corrected chi connectivity index (χ3v) is 5.77. The van der Waals surface area contributed by atoms with E-state index >= 15 is 0 Å². The smallest absolute Gasteiger partial charge is 0.272 e. The van der Waals surface area contributed by atoms with Crippen LogP contribution < -0.4 is 0 Å². The summed E-state index contributed by atoms with van der Waals surface area (Å²) >= 11 is 0. The molecule has 1 amide bonds. The Hall–Kier alpha value is -2.08. The van der Waals surface area contributed by atoms with Crippen LogP contribution >= 0.6 is 0 Å². The monoisotopic (exact) mass is 341 g/mol. The number of carbonyl (C=O) groups is 1. The van der Waals surface area contributed by atoms with Gasteiger partial charge in [0.25, 0.3) is 5.91 Å². The molecular formula is C19H27N5O. The summed E-state index contributed by atoms with van der Waals surface area (Å²) in [6, 6.07) is 4.33. The standard InChI is InChI=1S/C19H27N5O/c1-22-11-7-14(8-12-22)18-20-13-15(21-18)19(25)24-10-4-6-17(24)16-5-3-9-23(16)2/h3,5,9,13-14,17H,4,6-8,10-12H2,1-2H3,(H,20,21). The van der Waals surface area contributed by atoms with Crippen LogP contribution in [0.25, 0.3) is 0 Å². The zero-order chi connectivity index (χ0) is 17.4. The van der Waals surface area contributed by atoms with E-state index in [1.807, 2.05) is 24.2 Å². The second-order valence-corrected chi connectivity index (χ2v) is 7.46. The second-order valence-electron chi connectivity index (χ2n) is 7.46. The highest BCUT2D eigenvalue weighted by Crippen LogP contribution is 2.33. The summed E-state index contributed by atoms with van der Waals surface area (Å²) in [7, 11) is 4.20. The first-order valence-electron chi connectivity index (χ1n) is 9.29. The SMILES string of the molecule is CN1CCC(c2ncc(C(=O)N3CCCC3c3cccn3C)[nH]2)CC1. The zero-order valence-corrected chi connectivity index (χ0v) is 15.1. The lowest BCUT2D eigenvalue weighted by atomic mass is 9.97. The Morgan fingerprint density at radius 2 is 2.00 bits per heavy atom. The minimum atomic E-state index is 0.0791. The quantitative estimate of drug-likeness (QED) is 0.933. The minimum absolute atomic E-state index is 0.0791. The lowest BCUT2D eigenvalue weighted by Gasteiger charge is -2.27. The van der Waals surface area contributed by atoms with Gasteiger partial charge in [-0.2, -0.15) is 0 Å². The van der Waals surface area contributed by atoms with Crippen LogP contribution in [0.5, 0.6) is 0 Å². The largest absolute Gasteiger partial charge is 0.353 e. The van der Waals surface area contributed by atoms with E-state index in [2.05, 4.69) is 32.5 Å². The first kappa shape index (κ1) is 16.4. The Labute approximate surface area is 148 Å². The number of nitrogens with one attached hydrogen (secondary N) is 1. The number of imidazole rings is 1. The number of aryl methyl sites for hydroxylation is 1. The van der Waals surface area contributed by atoms with Crippen molar-refractivity contribution in [2.24, 2.45) is 7.05 Å². The summed E-state index contributed by atoms with van der Waals surface area (Å²) in [5.74, 6) is 1.50. The highest BCUT2D eigenvalue weighted by Gasteiger charge is 2.33. The molecule has 1 unspecified atom stereocenters. The Bertz CT molecular complexity index is 741. The first-order chi connectivity index (χ1) is 12.1. The van der Waals surface area contributed by atoms with Gasteiger partial charge >= 0.3 is 0 Å². The Kier molecular flexibility index (Phi) is 4.37. The number of aromatic nitrogens is 3. The minimum Gasteiger partial charge on any atom is -0.353 e. The Morgan fingerprint density at radius 1 is 1.20 bits per heavy atom. The van der Waals surface area contributed by atoms with Gasteiger partial charge in [0, 0.05) is 31.4 Å². The summed E-state index contributed by atoms with van der Waals surface area (Å²) in [4.78, 5) is 25.3. The number of aromatic amines is 1. The lowest BCUT2D eigenvalue weighted by Crippen LogP contribution is -2.32. The van der Waals surface area contributed by atoms with Crippen molar-refractivity contribution in [2.75, 3.05) is 26.7 Å². The van der Waals surface area contributed by atoms with E-state index in [-0.39, 0.29) is 11.9 Å². The van der Waals surface area contributed by atoms with Gasteiger partial charge in [0.1, 0.15) is 11.5 Å². The molecule has 0 saturated carbocycles. The highest BCUT2D eigenvalue weighted by atomic mass is 16.2. The number of amides is 1. The van der Waals surface area contributed by atoms with Crippen molar-refractivity contribution in [2.45, 2.75) is 37.6 Å². The molecule has 25 heavy (non-hydrogen) atoms. The molecule has 2 aromatic heterocycles. The maximum absolute atomic E-state index is 13.0. The molecule has 2 aliphatic rings. The highest BCUT2D eigenvalue weighted by molar-refractivity contribution is 5.92. The molecule has 0 radical (unpaired) electrons. The number of H-pyrrole nitrogens is 1. The molecule has 4 heterocycles. The van der Waals surface area contributed by atoms with E-state index in [0.717, 1.165) is 51.1 Å². The number of hydrogen-bond acceptors (Lipinski definition) is 3.